The Kier molecular flexibility index (Phi) is 4.07. The van der Waals surface area contributed by atoms with Crippen LogP contribution in [0.1, 0.15) is 50.9 Å². The van der Waals surface area contributed by atoms with E-state index in [4.69, 9.17) is 4.98 Å². The van der Waals surface area contributed by atoms with Crippen LogP contribution in [0.4, 0.5) is 0 Å². The average molecular weight is 313 g/mol. The van der Waals surface area contributed by atoms with Gasteiger partial charge in [-0.05, 0) is 51.8 Å². The molecule has 0 aliphatic carbocycles. The number of piperidine rings is 1. The molecule has 4 heterocycles. The summed E-state index contributed by atoms with van der Waals surface area (Å²) < 4.78 is 2.47. The number of nitrogens with zero attached hydrogens (tertiary/aromatic N) is 4. The van der Waals surface area contributed by atoms with Crippen molar-refractivity contribution in [2.24, 2.45) is 0 Å². The lowest BCUT2D eigenvalue weighted by Crippen LogP contribution is -2.32. The molecule has 2 aliphatic heterocycles. The molecule has 0 spiro atoms. The summed E-state index contributed by atoms with van der Waals surface area (Å²) in [6.45, 7) is 9.06. The minimum atomic E-state index is 0.509. The molecule has 0 amide bonds. The van der Waals surface area contributed by atoms with Gasteiger partial charge < -0.3 is 9.88 Å². The molecule has 23 heavy (non-hydrogen) atoms. The molecule has 2 aromatic rings. The molecule has 2 aromatic heterocycles. The maximum Gasteiger partial charge on any atom is 0.160 e. The third-order valence-corrected chi connectivity index (χ3v) is 5.43. The van der Waals surface area contributed by atoms with Crippen LogP contribution in [0.2, 0.25) is 0 Å². The summed E-state index contributed by atoms with van der Waals surface area (Å²) in [5, 5.41) is 3.54. The zero-order chi connectivity index (χ0) is 15.8. The summed E-state index contributed by atoms with van der Waals surface area (Å²) >= 11 is 0. The highest BCUT2D eigenvalue weighted by molar-refractivity contribution is 5.71. The van der Waals surface area contributed by atoms with Gasteiger partial charge in [-0.15, -0.1) is 0 Å². The highest BCUT2D eigenvalue weighted by Crippen LogP contribution is 2.33. The Morgan fingerprint density at radius 2 is 2.22 bits per heavy atom. The molecule has 2 atom stereocenters. The van der Waals surface area contributed by atoms with Crippen LogP contribution in [0.5, 0.6) is 0 Å². The van der Waals surface area contributed by atoms with E-state index in [0.717, 1.165) is 30.8 Å². The van der Waals surface area contributed by atoms with Crippen molar-refractivity contribution in [2.45, 2.75) is 51.1 Å². The number of hydrogen-bond donors (Lipinski definition) is 1. The van der Waals surface area contributed by atoms with Crippen LogP contribution in [0.15, 0.2) is 18.3 Å². The van der Waals surface area contributed by atoms with Gasteiger partial charge in [-0.25, -0.2) is 9.97 Å². The molecule has 2 saturated heterocycles. The molecule has 0 saturated carbocycles. The maximum atomic E-state index is 4.99. The predicted octanol–water partition coefficient (Wildman–Crippen LogP) is 2.55. The molecule has 2 unspecified atom stereocenters. The Hall–Kier alpha value is -1.46. The molecule has 1 N–H and O–H groups in total. The van der Waals surface area contributed by atoms with Gasteiger partial charge in [-0.3, -0.25) is 4.90 Å². The van der Waals surface area contributed by atoms with Crippen LogP contribution in [0, 0.1) is 0 Å². The number of fused-ring (bicyclic) bond motifs is 1. The molecule has 4 rings (SSSR count). The van der Waals surface area contributed by atoms with E-state index in [2.05, 4.69) is 39.7 Å². The predicted molar refractivity (Wildman–Crippen MR) is 92.7 cm³/mol. The first-order chi connectivity index (χ1) is 11.2. The zero-order valence-electron chi connectivity index (χ0n) is 14.2. The van der Waals surface area contributed by atoms with Crippen LogP contribution in [0.25, 0.3) is 11.2 Å². The number of imidazole rings is 1. The van der Waals surface area contributed by atoms with Crippen LogP contribution in [-0.2, 0) is 0 Å². The number of hydrogen-bond acceptors (Lipinski definition) is 4. The first-order valence-electron chi connectivity index (χ1n) is 9.01. The maximum absolute atomic E-state index is 4.99. The van der Waals surface area contributed by atoms with E-state index in [1.54, 1.807) is 0 Å². The van der Waals surface area contributed by atoms with Gasteiger partial charge in [-0.1, -0.05) is 0 Å². The molecular formula is C18H27N5. The lowest BCUT2D eigenvalue weighted by molar-refractivity contribution is 0.264. The minimum absolute atomic E-state index is 0.509. The topological polar surface area (TPSA) is 46.0 Å². The average Bonchev–Trinajstić information content (AvgIpc) is 3.20. The molecule has 0 radical (unpaired) electrons. The highest BCUT2D eigenvalue weighted by Gasteiger charge is 2.31. The first kappa shape index (κ1) is 15.1. The summed E-state index contributed by atoms with van der Waals surface area (Å²) in [7, 11) is 0. The molecule has 2 aliphatic rings. The van der Waals surface area contributed by atoms with Crippen molar-refractivity contribution >= 4 is 11.2 Å². The van der Waals surface area contributed by atoms with Gasteiger partial charge in [0.2, 0.25) is 0 Å². The second-order valence-corrected chi connectivity index (χ2v) is 7.26. The quantitative estimate of drug-likeness (QED) is 0.946. The molecule has 0 aromatic carbocycles. The van der Waals surface area contributed by atoms with Crippen molar-refractivity contribution in [1.82, 2.24) is 24.8 Å². The van der Waals surface area contributed by atoms with Crippen molar-refractivity contribution in [3.05, 3.63) is 24.2 Å². The largest absolute Gasteiger partial charge is 0.316 e. The molecule has 2 fully saturated rings. The van der Waals surface area contributed by atoms with E-state index in [9.17, 15) is 0 Å². The number of nitrogens with one attached hydrogen (secondary N) is 1. The standard InChI is InChI=1S/C18H27N5/c1-13(2)22-10-7-15(12-22)23-17(14-5-3-8-19-11-14)21-16-6-4-9-20-18(16)23/h4,6,9,13-15,19H,3,5,7-8,10-12H2,1-2H3. The highest BCUT2D eigenvalue weighted by atomic mass is 15.3. The van der Waals surface area contributed by atoms with E-state index in [1.165, 1.54) is 31.6 Å². The van der Waals surface area contributed by atoms with Crippen LogP contribution >= 0.6 is 0 Å². The van der Waals surface area contributed by atoms with Gasteiger partial charge in [-0.2, -0.15) is 0 Å². The Morgan fingerprint density at radius 1 is 1.30 bits per heavy atom. The summed E-state index contributed by atoms with van der Waals surface area (Å²) in [5.74, 6) is 1.77. The minimum Gasteiger partial charge on any atom is -0.316 e. The van der Waals surface area contributed by atoms with Gasteiger partial charge >= 0.3 is 0 Å². The number of rotatable bonds is 3. The summed E-state index contributed by atoms with van der Waals surface area (Å²) in [6.07, 6.45) is 5.58. The molecule has 5 heteroatoms. The van der Waals surface area contributed by atoms with Gasteiger partial charge in [0.05, 0.1) is 6.04 Å². The van der Waals surface area contributed by atoms with E-state index in [1.807, 2.05) is 12.3 Å². The molecule has 124 valence electrons. The van der Waals surface area contributed by atoms with Crippen LogP contribution in [-0.4, -0.2) is 51.7 Å². The molecule has 5 nitrogen and oxygen atoms in total. The lowest BCUT2D eigenvalue weighted by Gasteiger charge is -2.26. The van der Waals surface area contributed by atoms with Crippen LogP contribution in [0.3, 0.4) is 0 Å². The number of likely N-dealkylation sites (tertiary alicyclic amines) is 1. The summed E-state index contributed by atoms with van der Waals surface area (Å²) in [4.78, 5) is 12.2. The van der Waals surface area contributed by atoms with Gasteiger partial charge in [0, 0.05) is 37.8 Å². The monoisotopic (exact) mass is 313 g/mol. The van der Waals surface area contributed by atoms with Gasteiger partial charge in [0.1, 0.15) is 11.3 Å². The Labute approximate surface area is 138 Å². The van der Waals surface area contributed by atoms with Gasteiger partial charge in [0.25, 0.3) is 0 Å². The van der Waals surface area contributed by atoms with E-state index < -0.39 is 0 Å². The summed E-state index contributed by atoms with van der Waals surface area (Å²) in [5.41, 5.74) is 2.12. The second-order valence-electron chi connectivity index (χ2n) is 7.26. The van der Waals surface area contributed by atoms with Crippen molar-refractivity contribution in [3.63, 3.8) is 0 Å². The Morgan fingerprint density at radius 3 is 2.96 bits per heavy atom. The lowest BCUT2D eigenvalue weighted by atomic mass is 9.98. The fourth-order valence-corrected chi connectivity index (χ4v) is 4.12. The van der Waals surface area contributed by atoms with E-state index >= 15 is 0 Å². The van der Waals surface area contributed by atoms with Crippen molar-refractivity contribution in [1.29, 1.82) is 0 Å². The zero-order valence-corrected chi connectivity index (χ0v) is 14.2. The molecule has 0 bridgehead atoms. The smallest absolute Gasteiger partial charge is 0.160 e. The Bertz CT molecular complexity index is 671. The van der Waals surface area contributed by atoms with E-state index in [-0.39, 0.29) is 0 Å². The van der Waals surface area contributed by atoms with Crippen LogP contribution < -0.4 is 5.32 Å². The SMILES string of the molecule is CC(C)N1CCC(n2c(C3CCCNC3)nc3cccnc32)C1. The number of pyridine rings is 1. The van der Waals surface area contributed by atoms with Crippen molar-refractivity contribution in [3.8, 4) is 0 Å². The third-order valence-electron chi connectivity index (χ3n) is 5.43. The normalized spacial score (nSPS) is 26.4. The van der Waals surface area contributed by atoms with Gasteiger partial charge in [0.15, 0.2) is 5.65 Å². The Balaban J connectivity index is 1.74. The fourth-order valence-electron chi connectivity index (χ4n) is 4.12. The number of aromatic nitrogens is 3. The molecular weight excluding hydrogens is 286 g/mol. The summed E-state index contributed by atoms with van der Waals surface area (Å²) in [6, 6.07) is 5.22. The first-order valence-corrected chi connectivity index (χ1v) is 9.01. The van der Waals surface area contributed by atoms with Crippen molar-refractivity contribution in [2.75, 3.05) is 26.2 Å². The van der Waals surface area contributed by atoms with E-state index in [0.29, 0.717) is 18.0 Å². The second kappa shape index (κ2) is 6.21. The van der Waals surface area contributed by atoms with Crippen molar-refractivity contribution < 1.29 is 0 Å². The third kappa shape index (κ3) is 2.76. The fraction of sp³-hybridized carbons (Fsp3) is 0.667.